The van der Waals surface area contributed by atoms with Crippen LogP contribution in [-0.4, -0.2) is 84.6 Å². The van der Waals surface area contributed by atoms with Gasteiger partial charge >= 0.3 is 0 Å². The van der Waals surface area contributed by atoms with Gasteiger partial charge < -0.3 is 10.2 Å². The first-order valence-corrected chi connectivity index (χ1v) is 14.6. The molecule has 1 N–H and O–H groups in total. The number of nitrogens with one attached hydrogen (secondary N) is 1. The number of anilines is 1. The van der Waals surface area contributed by atoms with Crippen LogP contribution in [0.1, 0.15) is 42.6 Å². The molecule has 0 bridgehead atoms. The molecule has 0 saturated carbocycles. The molecular formula is C33H44N6. The summed E-state index contributed by atoms with van der Waals surface area (Å²) in [5, 5.41) is 5.91. The van der Waals surface area contributed by atoms with E-state index in [2.05, 4.69) is 114 Å². The molecule has 206 valence electrons. The number of hydrogen-bond donors (Lipinski definition) is 1. The molecule has 3 aromatic rings. The predicted octanol–water partition coefficient (Wildman–Crippen LogP) is 3.39. The van der Waals surface area contributed by atoms with E-state index in [0.29, 0.717) is 11.8 Å². The van der Waals surface area contributed by atoms with Crippen LogP contribution in [0.15, 0.2) is 60.7 Å². The first-order valence-electron chi connectivity index (χ1n) is 14.6. The van der Waals surface area contributed by atoms with Gasteiger partial charge in [-0.25, -0.2) is 9.97 Å². The van der Waals surface area contributed by atoms with Crippen molar-refractivity contribution in [3.63, 3.8) is 0 Å². The van der Waals surface area contributed by atoms with E-state index in [-0.39, 0.29) is 0 Å². The summed E-state index contributed by atoms with van der Waals surface area (Å²) in [5.74, 6) is 2.85. The van der Waals surface area contributed by atoms with Gasteiger partial charge in [-0.3, -0.25) is 9.80 Å². The smallest absolute Gasteiger partial charge is 0.145 e. The molecule has 1 aliphatic carbocycles. The number of nitrogens with zero attached hydrogens (tertiary/aromatic N) is 5. The lowest BCUT2D eigenvalue weighted by molar-refractivity contribution is 0.122. The molecule has 1 atom stereocenters. The minimum atomic E-state index is 0.387. The first kappa shape index (κ1) is 27.5. The Morgan fingerprint density at radius 2 is 1.54 bits per heavy atom. The molecule has 6 nitrogen and oxygen atoms in total. The third-order valence-electron chi connectivity index (χ3n) is 7.90. The van der Waals surface area contributed by atoms with Crippen LogP contribution < -0.4 is 15.9 Å². The second kappa shape index (κ2) is 13.3. The molecular weight excluding hydrogens is 480 g/mol. The summed E-state index contributed by atoms with van der Waals surface area (Å²) < 4.78 is 0. The van der Waals surface area contributed by atoms with E-state index in [4.69, 9.17) is 9.97 Å². The zero-order valence-electron chi connectivity index (χ0n) is 23.9. The lowest BCUT2D eigenvalue weighted by atomic mass is 9.90. The maximum atomic E-state index is 5.04. The van der Waals surface area contributed by atoms with Crippen LogP contribution >= 0.6 is 0 Å². The molecule has 2 aromatic carbocycles. The zero-order valence-corrected chi connectivity index (χ0v) is 23.9. The Labute approximate surface area is 234 Å². The molecule has 1 unspecified atom stereocenters. The van der Waals surface area contributed by atoms with E-state index in [1.54, 1.807) is 0 Å². The summed E-state index contributed by atoms with van der Waals surface area (Å²) >= 11 is 0. The fraction of sp³-hybridized carbons (Fsp3) is 0.455. The van der Waals surface area contributed by atoms with Crippen molar-refractivity contribution in [2.75, 3.05) is 65.2 Å². The summed E-state index contributed by atoms with van der Waals surface area (Å²) in [6.45, 7) is 10.3. The van der Waals surface area contributed by atoms with Gasteiger partial charge in [0.1, 0.15) is 11.6 Å². The van der Waals surface area contributed by atoms with Gasteiger partial charge in [-0.2, -0.15) is 0 Å². The summed E-state index contributed by atoms with van der Waals surface area (Å²) in [7, 11) is 4.25. The highest BCUT2D eigenvalue weighted by atomic mass is 15.3. The normalized spacial score (nSPS) is 18.0. The number of hydrogen-bond acceptors (Lipinski definition) is 6. The average Bonchev–Trinajstić information content (AvgIpc) is 2.96. The Morgan fingerprint density at radius 3 is 2.18 bits per heavy atom. The molecule has 39 heavy (non-hydrogen) atoms. The number of fused-ring (bicyclic) bond motifs is 1. The third-order valence-corrected chi connectivity index (χ3v) is 7.90. The second-order valence-corrected chi connectivity index (χ2v) is 11.4. The molecule has 1 saturated heterocycles. The number of benzene rings is 2. The Bertz CT molecular complexity index is 1260. The van der Waals surface area contributed by atoms with Crippen molar-refractivity contribution in [2.45, 2.75) is 32.2 Å². The van der Waals surface area contributed by atoms with Gasteiger partial charge in [0.15, 0.2) is 0 Å². The second-order valence-electron chi connectivity index (χ2n) is 11.4. The zero-order chi connectivity index (χ0) is 27.0. The number of piperazine rings is 1. The van der Waals surface area contributed by atoms with Gasteiger partial charge in [0, 0.05) is 50.4 Å². The van der Waals surface area contributed by atoms with Gasteiger partial charge in [0.05, 0.1) is 11.9 Å². The van der Waals surface area contributed by atoms with Crippen LogP contribution in [0, 0.1) is 5.92 Å². The van der Waals surface area contributed by atoms with Crippen LogP contribution in [0.5, 0.6) is 0 Å². The molecule has 0 spiro atoms. The monoisotopic (exact) mass is 524 g/mol. The highest BCUT2D eigenvalue weighted by molar-refractivity contribution is 5.48. The van der Waals surface area contributed by atoms with E-state index in [9.17, 15) is 0 Å². The fourth-order valence-corrected chi connectivity index (χ4v) is 5.67. The minimum Gasteiger partial charge on any atom is -0.369 e. The molecule has 2 aliphatic rings. The van der Waals surface area contributed by atoms with Crippen LogP contribution in [-0.2, 0) is 6.54 Å². The highest BCUT2D eigenvalue weighted by Crippen LogP contribution is 2.26. The predicted molar refractivity (Wildman–Crippen MR) is 162 cm³/mol. The summed E-state index contributed by atoms with van der Waals surface area (Å²) in [5.41, 5.74) is 2.78. The van der Waals surface area contributed by atoms with Crippen LogP contribution in [0.4, 0.5) is 5.82 Å². The minimum absolute atomic E-state index is 0.387. The average molecular weight is 525 g/mol. The fourth-order valence-electron chi connectivity index (χ4n) is 5.67. The van der Waals surface area contributed by atoms with Crippen molar-refractivity contribution < 1.29 is 0 Å². The molecule has 1 aromatic heterocycles. The lowest BCUT2D eigenvalue weighted by Crippen LogP contribution is -2.47. The molecule has 0 amide bonds. The number of aromatic nitrogens is 2. The number of rotatable bonds is 11. The van der Waals surface area contributed by atoms with Crippen molar-refractivity contribution in [3.05, 3.63) is 88.2 Å². The van der Waals surface area contributed by atoms with E-state index in [1.165, 1.54) is 16.3 Å². The van der Waals surface area contributed by atoms with E-state index in [0.717, 1.165) is 82.2 Å². The maximum Gasteiger partial charge on any atom is 0.145 e. The van der Waals surface area contributed by atoms with Gasteiger partial charge in [-0.1, -0.05) is 79.7 Å². The molecule has 1 fully saturated rings. The molecule has 5 rings (SSSR count). The van der Waals surface area contributed by atoms with Crippen molar-refractivity contribution in [1.82, 2.24) is 24.7 Å². The van der Waals surface area contributed by atoms with Crippen molar-refractivity contribution in [1.29, 1.82) is 0 Å². The van der Waals surface area contributed by atoms with Gasteiger partial charge in [0.2, 0.25) is 0 Å². The van der Waals surface area contributed by atoms with Crippen LogP contribution in [0.25, 0.3) is 12.2 Å². The molecule has 2 heterocycles. The lowest BCUT2D eigenvalue weighted by Gasteiger charge is -2.36. The summed E-state index contributed by atoms with van der Waals surface area (Å²) in [4.78, 5) is 17.4. The van der Waals surface area contributed by atoms with Crippen molar-refractivity contribution >= 4 is 18.0 Å². The highest BCUT2D eigenvalue weighted by Gasteiger charge is 2.23. The van der Waals surface area contributed by atoms with E-state index < -0.39 is 0 Å². The van der Waals surface area contributed by atoms with Crippen molar-refractivity contribution in [2.24, 2.45) is 5.92 Å². The molecule has 0 radical (unpaired) electrons. The van der Waals surface area contributed by atoms with Gasteiger partial charge in [-0.15, -0.1) is 0 Å². The van der Waals surface area contributed by atoms with Crippen LogP contribution in [0.2, 0.25) is 0 Å². The van der Waals surface area contributed by atoms with Gasteiger partial charge in [0.25, 0.3) is 0 Å². The first-order chi connectivity index (χ1) is 19.0. The Balaban J connectivity index is 1.23. The standard InChI is InChI=1S/C33H44N6/c1-26-15-16-31-29(23-26)33(34-17-10-18-37(2)3)36-32(35-31)25-39-21-19-38(20-22-39)24-30(27-11-6-4-7-12-27)28-13-8-5-9-14-28/h4-9,11-14,16,23,26,30H,10,15,17-22,24-25H2,1-3H3,(H,34,35,36). The van der Waals surface area contributed by atoms with Crippen LogP contribution in [0.3, 0.4) is 0 Å². The van der Waals surface area contributed by atoms with Gasteiger partial charge in [-0.05, 0) is 50.5 Å². The summed E-state index contributed by atoms with van der Waals surface area (Å²) in [6, 6.07) is 21.9. The Morgan fingerprint density at radius 1 is 0.897 bits per heavy atom. The Kier molecular flexibility index (Phi) is 9.40. The Hall–Kier alpha value is -3.06. The summed E-state index contributed by atoms with van der Waals surface area (Å²) in [6.07, 6.45) is 6.77. The van der Waals surface area contributed by atoms with E-state index >= 15 is 0 Å². The quantitative estimate of drug-likeness (QED) is 0.388. The SMILES string of the molecule is CC1C=c2c(NCCCN(C)C)nc(CN3CCN(CC(c4ccccc4)c4ccccc4)CC3)nc2=CC1. The topological polar surface area (TPSA) is 47.5 Å². The third kappa shape index (κ3) is 7.53. The van der Waals surface area contributed by atoms with E-state index in [1.807, 2.05) is 0 Å². The largest absolute Gasteiger partial charge is 0.369 e. The molecule has 6 heteroatoms. The molecule has 1 aliphatic heterocycles. The maximum absolute atomic E-state index is 5.04. The van der Waals surface area contributed by atoms with Crippen molar-refractivity contribution in [3.8, 4) is 0 Å².